The molecule has 0 spiro atoms. The lowest BCUT2D eigenvalue weighted by molar-refractivity contribution is 0.537. The Kier molecular flexibility index (Phi) is 3.73. The van der Waals surface area contributed by atoms with Crippen LogP contribution in [0.3, 0.4) is 0 Å². The first-order valence-electron chi connectivity index (χ1n) is 7.08. The van der Waals surface area contributed by atoms with E-state index in [0.717, 1.165) is 39.5 Å². The lowest BCUT2D eigenvalue weighted by Crippen LogP contribution is -2.06. The number of benzene rings is 1. The fraction of sp³-hybridized carbons (Fsp3) is 0.400. The van der Waals surface area contributed by atoms with E-state index < -0.39 is 0 Å². The summed E-state index contributed by atoms with van der Waals surface area (Å²) in [6.45, 7) is 7.85. The molecule has 0 fully saturated rings. The van der Waals surface area contributed by atoms with Gasteiger partial charge in [-0.05, 0) is 42.1 Å². The Morgan fingerprint density at radius 1 is 1.33 bits per heavy atom. The van der Waals surface area contributed by atoms with Crippen molar-refractivity contribution in [2.45, 2.75) is 33.9 Å². The molecule has 21 heavy (non-hydrogen) atoms. The van der Waals surface area contributed by atoms with Crippen LogP contribution in [0.15, 0.2) is 18.2 Å². The Morgan fingerprint density at radius 3 is 2.76 bits per heavy atom. The van der Waals surface area contributed by atoms with Crippen LogP contribution in [0.5, 0.6) is 0 Å². The molecule has 0 aliphatic carbocycles. The van der Waals surface area contributed by atoms with E-state index >= 15 is 0 Å². The Morgan fingerprint density at radius 2 is 2.14 bits per heavy atom. The molecule has 0 unspecified atom stereocenters. The van der Waals surface area contributed by atoms with Crippen molar-refractivity contribution >= 4 is 22.6 Å². The molecular formula is C15H19N5S. The van der Waals surface area contributed by atoms with Gasteiger partial charge in [-0.25, -0.2) is 4.98 Å². The monoisotopic (exact) mass is 301 g/mol. The molecule has 1 aromatic carbocycles. The van der Waals surface area contributed by atoms with E-state index in [9.17, 15) is 0 Å². The number of aromatic nitrogens is 4. The van der Waals surface area contributed by atoms with Crippen molar-refractivity contribution < 1.29 is 0 Å². The standard InChI is InChI=1S/C15H19N5S/c1-9(2)8-20-13-5-4-11(7-16)6-12(13)17-15(20)14-10(3)18-19-21-14/h4-6,9H,7-8,16H2,1-3H3. The zero-order chi connectivity index (χ0) is 15.0. The number of aryl methyl sites for hydroxylation is 1. The van der Waals surface area contributed by atoms with E-state index in [-0.39, 0.29) is 0 Å². The Bertz CT molecular complexity index is 772. The predicted molar refractivity (Wildman–Crippen MR) is 86.1 cm³/mol. The molecule has 0 saturated carbocycles. The van der Waals surface area contributed by atoms with Crippen molar-refractivity contribution in [3.8, 4) is 10.7 Å². The molecule has 5 nitrogen and oxygen atoms in total. The van der Waals surface area contributed by atoms with Crippen LogP contribution >= 0.6 is 11.5 Å². The summed E-state index contributed by atoms with van der Waals surface area (Å²) >= 11 is 1.40. The lowest BCUT2D eigenvalue weighted by Gasteiger charge is -2.11. The highest BCUT2D eigenvalue weighted by Gasteiger charge is 2.17. The summed E-state index contributed by atoms with van der Waals surface area (Å²) in [5, 5.41) is 4.11. The first kappa shape index (κ1) is 14.2. The van der Waals surface area contributed by atoms with Crippen LogP contribution < -0.4 is 5.73 Å². The highest BCUT2D eigenvalue weighted by molar-refractivity contribution is 7.09. The number of hydrogen-bond donors (Lipinski definition) is 1. The molecule has 6 heteroatoms. The maximum absolute atomic E-state index is 5.73. The van der Waals surface area contributed by atoms with Crippen molar-refractivity contribution in [2.24, 2.45) is 11.7 Å². The predicted octanol–water partition coefficient (Wildman–Crippen LogP) is 2.98. The average Bonchev–Trinajstić information content (AvgIpc) is 3.02. The van der Waals surface area contributed by atoms with Gasteiger partial charge in [-0.3, -0.25) is 0 Å². The van der Waals surface area contributed by atoms with E-state index in [4.69, 9.17) is 10.7 Å². The van der Waals surface area contributed by atoms with Crippen LogP contribution in [0.1, 0.15) is 25.1 Å². The third kappa shape index (κ3) is 2.56. The van der Waals surface area contributed by atoms with Crippen LogP contribution in [-0.4, -0.2) is 19.1 Å². The summed E-state index contributed by atoms with van der Waals surface area (Å²) in [5.41, 5.74) is 9.89. The summed E-state index contributed by atoms with van der Waals surface area (Å²) in [4.78, 5) is 5.86. The SMILES string of the molecule is Cc1nnsc1-c1nc2cc(CN)ccc2n1CC(C)C. The number of rotatable bonds is 4. The van der Waals surface area contributed by atoms with E-state index in [1.165, 1.54) is 11.5 Å². The second-order valence-electron chi connectivity index (χ2n) is 5.65. The molecule has 0 bridgehead atoms. The Labute approximate surface area is 128 Å². The number of nitrogens with zero attached hydrogens (tertiary/aromatic N) is 4. The second kappa shape index (κ2) is 5.54. The quantitative estimate of drug-likeness (QED) is 0.804. The van der Waals surface area contributed by atoms with Crippen molar-refractivity contribution in [2.75, 3.05) is 0 Å². The highest BCUT2D eigenvalue weighted by atomic mass is 32.1. The van der Waals surface area contributed by atoms with Crippen LogP contribution in [0.25, 0.3) is 21.7 Å². The van der Waals surface area contributed by atoms with Crippen molar-refractivity contribution in [1.82, 2.24) is 19.1 Å². The van der Waals surface area contributed by atoms with Gasteiger partial charge in [-0.15, -0.1) is 5.10 Å². The Hall–Kier alpha value is -1.79. The molecule has 0 amide bonds. The van der Waals surface area contributed by atoms with Crippen LogP contribution in [0.4, 0.5) is 0 Å². The Balaban J connectivity index is 2.24. The molecular weight excluding hydrogens is 282 g/mol. The smallest absolute Gasteiger partial charge is 0.154 e. The average molecular weight is 301 g/mol. The van der Waals surface area contributed by atoms with Gasteiger partial charge in [0.2, 0.25) is 0 Å². The minimum atomic E-state index is 0.531. The minimum Gasteiger partial charge on any atom is -0.326 e. The molecule has 2 aromatic heterocycles. The van der Waals surface area contributed by atoms with Gasteiger partial charge >= 0.3 is 0 Å². The number of nitrogens with two attached hydrogens (primary N) is 1. The number of hydrogen-bond acceptors (Lipinski definition) is 5. The molecule has 0 radical (unpaired) electrons. The maximum Gasteiger partial charge on any atom is 0.154 e. The van der Waals surface area contributed by atoms with Gasteiger partial charge in [0.05, 0.1) is 16.7 Å². The summed E-state index contributed by atoms with van der Waals surface area (Å²) in [7, 11) is 0. The summed E-state index contributed by atoms with van der Waals surface area (Å²) in [5.74, 6) is 1.50. The van der Waals surface area contributed by atoms with Crippen LogP contribution in [-0.2, 0) is 13.1 Å². The van der Waals surface area contributed by atoms with Gasteiger partial charge in [-0.1, -0.05) is 24.4 Å². The van der Waals surface area contributed by atoms with Crippen LogP contribution in [0.2, 0.25) is 0 Å². The molecule has 3 rings (SSSR count). The number of imidazole rings is 1. The molecule has 2 heterocycles. The molecule has 110 valence electrons. The van der Waals surface area contributed by atoms with E-state index in [1.54, 1.807) is 0 Å². The summed E-state index contributed by atoms with van der Waals surface area (Å²) in [6, 6.07) is 6.25. The fourth-order valence-corrected chi connectivity index (χ4v) is 3.12. The lowest BCUT2D eigenvalue weighted by atomic mass is 10.2. The van der Waals surface area contributed by atoms with Crippen molar-refractivity contribution in [1.29, 1.82) is 0 Å². The topological polar surface area (TPSA) is 69.6 Å². The largest absolute Gasteiger partial charge is 0.326 e. The zero-order valence-electron chi connectivity index (χ0n) is 12.5. The third-order valence-electron chi connectivity index (χ3n) is 3.45. The zero-order valence-corrected chi connectivity index (χ0v) is 13.3. The maximum atomic E-state index is 5.73. The van der Waals surface area contributed by atoms with E-state index in [0.29, 0.717) is 12.5 Å². The third-order valence-corrected chi connectivity index (χ3v) is 4.27. The van der Waals surface area contributed by atoms with Crippen molar-refractivity contribution in [3.63, 3.8) is 0 Å². The van der Waals surface area contributed by atoms with Crippen LogP contribution in [0, 0.1) is 12.8 Å². The van der Waals surface area contributed by atoms with Gasteiger partial charge in [-0.2, -0.15) is 0 Å². The van der Waals surface area contributed by atoms with Gasteiger partial charge in [0.1, 0.15) is 4.88 Å². The molecule has 0 aliphatic rings. The summed E-state index contributed by atoms with van der Waals surface area (Å²) < 4.78 is 6.31. The molecule has 0 atom stereocenters. The van der Waals surface area contributed by atoms with E-state index in [2.05, 4.69) is 46.2 Å². The molecule has 0 saturated heterocycles. The summed E-state index contributed by atoms with van der Waals surface area (Å²) in [6.07, 6.45) is 0. The highest BCUT2D eigenvalue weighted by Crippen LogP contribution is 2.30. The van der Waals surface area contributed by atoms with Gasteiger partial charge in [0.15, 0.2) is 5.82 Å². The first-order chi connectivity index (χ1) is 10.1. The molecule has 2 N–H and O–H groups in total. The van der Waals surface area contributed by atoms with E-state index in [1.807, 2.05) is 6.92 Å². The first-order valence-corrected chi connectivity index (χ1v) is 7.86. The molecule has 0 aliphatic heterocycles. The fourth-order valence-electron chi connectivity index (χ4n) is 2.46. The van der Waals surface area contributed by atoms with Gasteiger partial charge < -0.3 is 10.3 Å². The van der Waals surface area contributed by atoms with Crippen molar-refractivity contribution in [3.05, 3.63) is 29.5 Å². The minimum absolute atomic E-state index is 0.531. The molecule has 3 aromatic rings. The van der Waals surface area contributed by atoms with Gasteiger partial charge in [0.25, 0.3) is 0 Å². The number of fused-ring (bicyclic) bond motifs is 1. The van der Waals surface area contributed by atoms with Gasteiger partial charge in [0, 0.05) is 13.1 Å². The normalized spacial score (nSPS) is 11.7. The second-order valence-corrected chi connectivity index (χ2v) is 6.41.